The number of nitrogens with two attached hydrogens (primary N) is 1. The summed E-state index contributed by atoms with van der Waals surface area (Å²) in [6.07, 6.45) is 9.58. The molecular formula is C46H39ClF6N12O2. The highest BCUT2D eigenvalue weighted by Crippen LogP contribution is 2.39. The van der Waals surface area contributed by atoms with Crippen LogP contribution < -0.4 is 30.3 Å². The molecule has 2 unspecified atom stereocenters. The molecule has 21 heteroatoms. The summed E-state index contributed by atoms with van der Waals surface area (Å²) < 4.78 is 97.1. The van der Waals surface area contributed by atoms with Crippen LogP contribution in [0.3, 0.4) is 0 Å². The molecule has 4 aromatic heterocycles. The normalized spacial score (nSPS) is 14.9. The molecule has 0 amide bonds. The molecule has 0 aliphatic carbocycles. The first-order valence-corrected chi connectivity index (χ1v) is 20.6. The Hall–Kier alpha value is -7.87. The first-order chi connectivity index (χ1) is 32.1. The number of hydrogen-bond donors (Lipinski definition) is 2. The predicted molar refractivity (Wildman–Crippen MR) is 239 cm³/mol. The van der Waals surface area contributed by atoms with Crippen molar-refractivity contribution in [3.63, 3.8) is 0 Å². The van der Waals surface area contributed by atoms with Crippen molar-refractivity contribution in [1.29, 1.82) is 0 Å². The van der Waals surface area contributed by atoms with E-state index in [-0.39, 0.29) is 30.3 Å². The molecule has 3 N–H and O–H groups in total. The van der Waals surface area contributed by atoms with E-state index in [1.807, 2.05) is 13.8 Å². The summed E-state index contributed by atoms with van der Waals surface area (Å²) in [7, 11) is 3.49. The Morgan fingerprint density at radius 2 is 1.12 bits per heavy atom. The summed E-state index contributed by atoms with van der Waals surface area (Å²) >= 11 is 5.76. The SMILES string of the molecule is CN1c2nc(Cl)ncc2OCC1c1ccc(F)cc1F.Cc1cn(-c2ccc(N)cc2F)cn1.Cc1cn(-c2ccc(Nc3ncc4c(n3)N(C)C(c3ccc(F)cc3F)CO4)cc2F)cn1. The van der Waals surface area contributed by atoms with E-state index in [9.17, 15) is 26.3 Å². The number of nitrogen functional groups attached to an aromatic ring is 1. The minimum atomic E-state index is -0.657. The van der Waals surface area contributed by atoms with Crippen LogP contribution in [0.25, 0.3) is 11.4 Å². The van der Waals surface area contributed by atoms with E-state index < -0.39 is 41.2 Å². The maximum Gasteiger partial charge on any atom is 0.229 e. The fourth-order valence-electron chi connectivity index (χ4n) is 7.23. The Labute approximate surface area is 384 Å². The smallest absolute Gasteiger partial charge is 0.229 e. The Balaban J connectivity index is 0.000000151. The van der Waals surface area contributed by atoms with Crippen molar-refractivity contribution >= 4 is 40.6 Å². The average Bonchev–Trinajstić information content (AvgIpc) is 3.93. The first-order valence-electron chi connectivity index (χ1n) is 20.3. The summed E-state index contributed by atoms with van der Waals surface area (Å²) in [5.74, 6) is -1.29. The number of likely N-dealkylation sites (N-methyl/N-ethyl adjacent to an activating group) is 2. The van der Waals surface area contributed by atoms with Crippen molar-refractivity contribution in [2.45, 2.75) is 25.9 Å². The van der Waals surface area contributed by atoms with Crippen LogP contribution in [0, 0.1) is 48.8 Å². The first kappa shape index (κ1) is 45.7. The number of hydrogen-bond acceptors (Lipinski definition) is 12. The Kier molecular flexibility index (Phi) is 13.2. The van der Waals surface area contributed by atoms with Gasteiger partial charge in [-0.05, 0) is 74.0 Å². The molecule has 67 heavy (non-hydrogen) atoms. The summed E-state index contributed by atoms with van der Waals surface area (Å²) in [6.45, 7) is 4.05. The zero-order valence-corrected chi connectivity index (χ0v) is 36.7. The van der Waals surface area contributed by atoms with Gasteiger partial charge in [-0.1, -0.05) is 12.1 Å². The molecule has 10 rings (SSSR count). The van der Waals surface area contributed by atoms with E-state index >= 15 is 0 Å². The number of nitrogens with one attached hydrogen (secondary N) is 1. The molecule has 0 bridgehead atoms. The number of aryl methyl sites for hydroxylation is 2. The van der Waals surface area contributed by atoms with Gasteiger partial charge in [-0.15, -0.1) is 0 Å². The molecule has 14 nitrogen and oxygen atoms in total. The van der Waals surface area contributed by atoms with Gasteiger partial charge in [0.1, 0.15) is 48.1 Å². The van der Waals surface area contributed by atoms with E-state index in [0.29, 0.717) is 57.0 Å². The minimum absolute atomic E-state index is 0.0828. The fourth-order valence-corrected chi connectivity index (χ4v) is 7.36. The number of ether oxygens (including phenoxy) is 2. The van der Waals surface area contributed by atoms with E-state index in [1.165, 1.54) is 48.8 Å². The van der Waals surface area contributed by atoms with E-state index in [4.69, 9.17) is 26.8 Å². The van der Waals surface area contributed by atoms with Crippen LogP contribution in [0.4, 0.5) is 55.3 Å². The molecule has 0 radical (unpaired) electrons. The lowest BCUT2D eigenvalue weighted by Gasteiger charge is -2.35. The summed E-state index contributed by atoms with van der Waals surface area (Å²) in [4.78, 5) is 28.2. The topological polar surface area (TPSA) is 150 Å². The highest BCUT2D eigenvalue weighted by atomic mass is 35.5. The van der Waals surface area contributed by atoms with Gasteiger partial charge in [0.2, 0.25) is 11.2 Å². The van der Waals surface area contributed by atoms with Gasteiger partial charge in [-0.2, -0.15) is 9.97 Å². The van der Waals surface area contributed by atoms with Crippen molar-refractivity contribution in [3.8, 4) is 22.9 Å². The van der Waals surface area contributed by atoms with Gasteiger partial charge in [-0.3, -0.25) is 0 Å². The van der Waals surface area contributed by atoms with Gasteiger partial charge < -0.3 is 39.5 Å². The van der Waals surface area contributed by atoms with Gasteiger partial charge >= 0.3 is 0 Å². The monoisotopic (exact) mass is 940 g/mol. The van der Waals surface area contributed by atoms with Crippen molar-refractivity contribution < 1.29 is 35.8 Å². The van der Waals surface area contributed by atoms with Crippen LogP contribution in [-0.4, -0.2) is 66.3 Å². The summed E-state index contributed by atoms with van der Waals surface area (Å²) in [5.41, 5.74) is 9.41. The number of nitrogens with zero attached hydrogens (tertiary/aromatic N) is 10. The quantitative estimate of drug-likeness (QED) is 0.0929. The minimum Gasteiger partial charge on any atom is -0.486 e. The number of fused-ring (bicyclic) bond motifs is 2. The van der Waals surface area contributed by atoms with Crippen LogP contribution in [-0.2, 0) is 0 Å². The Morgan fingerprint density at radius 1 is 0.612 bits per heavy atom. The molecule has 0 fully saturated rings. The van der Waals surface area contributed by atoms with E-state index in [2.05, 4.69) is 35.2 Å². The lowest BCUT2D eigenvalue weighted by atomic mass is 10.0. The van der Waals surface area contributed by atoms with Crippen LogP contribution in [0.1, 0.15) is 34.6 Å². The lowest BCUT2D eigenvalue weighted by Crippen LogP contribution is -2.35. The molecular weight excluding hydrogens is 902 g/mol. The van der Waals surface area contributed by atoms with Gasteiger partial charge in [0.25, 0.3) is 0 Å². The number of aromatic nitrogens is 8. The third-order valence-electron chi connectivity index (χ3n) is 10.6. The van der Waals surface area contributed by atoms with Crippen LogP contribution in [0.15, 0.2) is 110 Å². The highest BCUT2D eigenvalue weighted by molar-refractivity contribution is 6.28. The molecule has 6 heterocycles. The molecule has 0 saturated carbocycles. The van der Waals surface area contributed by atoms with E-state index in [1.54, 1.807) is 82.3 Å². The van der Waals surface area contributed by atoms with Gasteiger partial charge in [-0.25, -0.2) is 46.3 Å². The number of benzene rings is 4. The predicted octanol–water partition coefficient (Wildman–Crippen LogP) is 9.58. The molecule has 4 aromatic carbocycles. The van der Waals surface area contributed by atoms with Gasteiger partial charge in [0.05, 0.1) is 59.9 Å². The zero-order valence-electron chi connectivity index (χ0n) is 36.0. The molecule has 0 saturated heterocycles. The zero-order chi connectivity index (χ0) is 47.5. The maximum atomic E-state index is 14.7. The van der Waals surface area contributed by atoms with Crippen LogP contribution in [0.5, 0.6) is 11.5 Å². The van der Waals surface area contributed by atoms with Crippen molar-refractivity contribution in [3.05, 3.63) is 173 Å². The second-order valence-corrected chi connectivity index (χ2v) is 15.6. The van der Waals surface area contributed by atoms with Crippen molar-refractivity contribution in [2.24, 2.45) is 0 Å². The maximum absolute atomic E-state index is 14.7. The number of anilines is 5. The number of imidazole rings is 2. The molecule has 2 aliphatic heterocycles. The molecule has 2 atom stereocenters. The highest BCUT2D eigenvalue weighted by Gasteiger charge is 2.31. The largest absolute Gasteiger partial charge is 0.486 e. The van der Waals surface area contributed by atoms with Crippen molar-refractivity contribution in [2.75, 3.05) is 48.2 Å². The molecule has 0 spiro atoms. The third-order valence-corrected chi connectivity index (χ3v) is 10.8. The Morgan fingerprint density at radius 3 is 1.61 bits per heavy atom. The number of rotatable bonds is 6. The standard InChI is InChI=1S/C23H19F3N6O.C13H10ClF2N3O.C10H10FN3/c1-13-10-32(12-28-13)19-6-4-15(8-18(19)26)29-23-27-9-21-22(30-23)31(2)20(11-33-21)16-5-3-14(24)7-17(16)25;1-19-10(8-3-2-7(15)4-9(8)16)6-20-11-5-17-13(14)18-12(11)19;1-7-5-14(6-13-7)10-3-2-8(12)4-9(10)11/h3-10,12,20H,11H2,1-2H3,(H,27,29,30);2-5,10H,6H2,1H3;2-6H,12H2,1H3. The second kappa shape index (κ2) is 19.3. The lowest BCUT2D eigenvalue weighted by molar-refractivity contribution is 0.262. The van der Waals surface area contributed by atoms with Crippen molar-refractivity contribution in [1.82, 2.24) is 39.0 Å². The van der Waals surface area contributed by atoms with Gasteiger partial charge in [0.15, 0.2) is 23.1 Å². The molecule has 2 aliphatic rings. The summed E-state index contributed by atoms with van der Waals surface area (Å²) in [5, 5.41) is 3.06. The molecule has 8 aromatic rings. The third kappa shape index (κ3) is 10.2. The summed E-state index contributed by atoms with van der Waals surface area (Å²) in [6, 6.07) is 15.3. The number of halogens is 7. The Bertz CT molecular complexity index is 3080. The second-order valence-electron chi connectivity index (χ2n) is 15.3. The van der Waals surface area contributed by atoms with Crippen LogP contribution in [0.2, 0.25) is 5.28 Å². The molecule has 344 valence electrons. The van der Waals surface area contributed by atoms with Gasteiger partial charge in [0, 0.05) is 61.1 Å². The van der Waals surface area contributed by atoms with Crippen LogP contribution >= 0.6 is 11.6 Å². The fraction of sp³-hybridized carbons (Fsp3) is 0.174. The van der Waals surface area contributed by atoms with E-state index in [0.717, 1.165) is 23.5 Å². The average molecular weight is 941 g/mol.